The molecular weight excluding hydrogens is 408 g/mol. The molecule has 8 nitrogen and oxygen atoms in total. The van der Waals surface area contributed by atoms with Gasteiger partial charge < -0.3 is 20.3 Å². The van der Waals surface area contributed by atoms with Crippen molar-refractivity contribution in [2.75, 3.05) is 19.6 Å². The molecule has 0 saturated carbocycles. The van der Waals surface area contributed by atoms with Gasteiger partial charge in [0.25, 0.3) is 5.91 Å². The maximum atomic E-state index is 13.3. The van der Waals surface area contributed by atoms with Crippen LogP contribution in [0.2, 0.25) is 0 Å². The van der Waals surface area contributed by atoms with Crippen molar-refractivity contribution in [2.24, 2.45) is 0 Å². The standard InChI is InChI=1S/C24H32N4O4/c1-24(2,3)32-23(31)26-14-12-20(29)27-16-18-9-6-7-15-28(18)22(30)21-19-10-5-4-8-17(19)11-13-25-21/h4-5,8,10-11,13,18H,6-7,9,12,14-16H2,1-3H3,(H,26,31)(H,27,29). The topological polar surface area (TPSA) is 101 Å². The second-order valence-corrected chi connectivity index (χ2v) is 9.01. The molecule has 0 radical (unpaired) electrons. The predicted molar refractivity (Wildman–Crippen MR) is 122 cm³/mol. The summed E-state index contributed by atoms with van der Waals surface area (Å²) in [5.41, 5.74) is -0.134. The average molecular weight is 441 g/mol. The molecule has 1 aliphatic heterocycles. The molecule has 0 spiro atoms. The van der Waals surface area contributed by atoms with Crippen LogP contribution in [0.15, 0.2) is 36.5 Å². The van der Waals surface area contributed by atoms with Crippen LogP contribution in [0.5, 0.6) is 0 Å². The van der Waals surface area contributed by atoms with E-state index in [1.165, 1.54) is 0 Å². The van der Waals surface area contributed by atoms with Crippen molar-refractivity contribution in [3.63, 3.8) is 0 Å². The first kappa shape index (κ1) is 23.5. The number of ether oxygens (including phenoxy) is 1. The number of hydrogen-bond donors (Lipinski definition) is 2. The van der Waals surface area contributed by atoms with Gasteiger partial charge in [-0.3, -0.25) is 14.6 Å². The Balaban J connectivity index is 1.55. The van der Waals surface area contributed by atoms with Gasteiger partial charge in [-0.2, -0.15) is 0 Å². The fourth-order valence-electron chi connectivity index (χ4n) is 3.82. The molecule has 8 heteroatoms. The van der Waals surface area contributed by atoms with Crippen molar-refractivity contribution in [1.29, 1.82) is 0 Å². The van der Waals surface area contributed by atoms with E-state index in [2.05, 4.69) is 15.6 Å². The van der Waals surface area contributed by atoms with Gasteiger partial charge in [-0.25, -0.2) is 4.79 Å². The summed E-state index contributed by atoms with van der Waals surface area (Å²) in [5.74, 6) is -0.283. The van der Waals surface area contributed by atoms with Crippen LogP contribution in [0.3, 0.4) is 0 Å². The zero-order valence-corrected chi connectivity index (χ0v) is 19.0. The zero-order valence-electron chi connectivity index (χ0n) is 19.0. The minimum Gasteiger partial charge on any atom is -0.444 e. The summed E-state index contributed by atoms with van der Waals surface area (Å²) in [7, 11) is 0. The SMILES string of the molecule is CC(C)(C)OC(=O)NCCC(=O)NCC1CCCCN1C(=O)c1nccc2ccccc12. The quantitative estimate of drug-likeness (QED) is 0.718. The highest BCUT2D eigenvalue weighted by atomic mass is 16.6. The van der Waals surface area contributed by atoms with Crippen LogP contribution in [0.4, 0.5) is 4.79 Å². The molecule has 1 aromatic carbocycles. The molecule has 1 saturated heterocycles. The molecule has 1 unspecified atom stereocenters. The Morgan fingerprint density at radius 3 is 2.69 bits per heavy atom. The number of benzene rings is 1. The Morgan fingerprint density at radius 1 is 1.12 bits per heavy atom. The number of alkyl carbamates (subject to hydrolysis) is 1. The molecule has 3 rings (SSSR count). The highest BCUT2D eigenvalue weighted by Gasteiger charge is 2.29. The number of amides is 3. The number of aromatic nitrogens is 1. The Morgan fingerprint density at radius 2 is 1.91 bits per heavy atom. The van der Waals surface area contributed by atoms with Crippen LogP contribution in [0.1, 0.15) is 56.9 Å². The average Bonchev–Trinajstić information content (AvgIpc) is 2.76. The number of hydrogen-bond acceptors (Lipinski definition) is 5. The maximum absolute atomic E-state index is 13.3. The van der Waals surface area contributed by atoms with Crippen molar-refractivity contribution >= 4 is 28.7 Å². The molecule has 3 amide bonds. The fraction of sp³-hybridized carbons (Fsp3) is 0.500. The minimum atomic E-state index is -0.581. The first-order valence-electron chi connectivity index (χ1n) is 11.1. The summed E-state index contributed by atoms with van der Waals surface area (Å²) < 4.78 is 5.16. The Hall–Kier alpha value is -3.16. The molecule has 2 N–H and O–H groups in total. The summed E-state index contributed by atoms with van der Waals surface area (Å²) in [5, 5.41) is 7.29. The Bertz CT molecular complexity index is 965. The lowest BCUT2D eigenvalue weighted by atomic mass is 10.0. The summed E-state index contributed by atoms with van der Waals surface area (Å²) in [6.45, 7) is 6.55. The third-order valence-corrected chi connectivity index (χ3v) is 5.32. The van der Waals surface area contributed by atoms with E-state index in [4.69, 9.17) is 4.74 Å². The van der Waals surface area contributed by atoms with Gasteiger partial charge in [0.1, 0.15) is 11.3 Å². The van der Waals surface area contributed by atoms with Crippen LogP contribution in [0.25, 0.3) is 10.8 Å². The molecule has 1 aliphatic rings. The van der Waals surface area contributed by atoms with Crippen LogP contribution in [-0.4, -0.2) is 59.1 Å². The lowest BCUT2D eigenvalue weighted by Gasteiger charge is -2.35. The number of nitrogens with zero attached hydrogens (tertiary/aromatic N) is 2. The molecule has 1 fully saturated rings. The van der Waals surface area contributed by atoms with E-state index in [0.717, 1.165) is 30.0 Å². The zero-order chi connectivity index (χ0) is 23.1. The first-order valence-corrected chi connectivity index (χ1v) is 11.1. The van der Waals surface area contributed by atoms with Crippen LogP contribution in [0, 0.1) is 0 Å². The minimum absolute atomic E-state index is 0.0835. The second kappa shape index (κ2) is 10.4. The van der Waals surface area contributed by atoms with Crippen molar-refractivity contribution in [3.05, 3.63) is 42.2 Å². The summed E-state index contributed by atoms with van der Waals surface area (Å²) >= 11 is 0. The Labute approximate surface area is 188 Å². The number of carbonyl (C=O) groups is 3. The number of rotatable bonds is 6. The van der Waals surface area contributed by atoms with E-state index in [1.54, 1.807) is 27.0 Å². The van der Waals surface area contributed by atoms with Crippen molar-refractivity contribution < 1.29 is 19.1 Å². The first-order chi connectivity index (χ1) is 15.2. The fourth-order valence-corrected chi connectivity index (χ4v) is 3.82. The van der Waals surface area contributed by atoms with Crippen molar-refractivity contribution in [3.8, 4) is 0 Å². The molecule has 0 bridgehead atoms. The van der Waals surface area contributed by atoms with E-state index < -0.39 is 11.7 Å². The van der Waals surface area contributed by atoms with Gasteiger partial charge in [-0.15, -0.1) is 0 Å². The van der Waals surface area contributed by atoms with E-state index in [-0.39, 0.29) is 30.8 Å². The number of piperidine rings is 1. The number of likely N-dealkylation sites (tertiary alicyclic amines) is 1. The smallest absolute Gasteiger partial charge is 0.407 e. The normalized spacial score (nSPS) is 16.5. The molecule has 2 aromatic rings. The van der Waals surface area contributed by atoms with Gasteiger partial charge in [-0.1, -0.05) is 24.3 Å². The number of nitrogens with one attached hydrogen (secondary N) is 2. The van der Waals surface area contributed by atoms with E-state index in [9.17, 15) is 14.4 Å². The number of fused-ring (bicyclic) bond motifs is 1. The van der Waals surface area contributed by atoms with Crippen LogP contribution >= 0.6 is 0 Å². The monoisotopic (exact) mass is 440 g/mol. The molecule has 0 aliphatic carbocycles. The lowest BCUT2D eigenvalue weighted by molar-refractivity contribution is -0.121. The third kappa shape index (κ3) is 6.42. The molecule has 172 valence electrons. The molecule has 2 heterocycles. The largest absolute Gasteiger partial charge is 0.444 e. The highest BCUT2D eigenvalue weighted by Crippen LogP contribution is 2.23. The van der Waals surface area contributed by atoms with Crippen molar-refractivity contribution in [2.45, 2.75) is 58.1 Å². The van der Waals surface area contributed by atoms with Crippen LogP contribution in [-0.2, 0) is 9.53 Å². The maximum Gasteiger partial charge on any atom is 0.407 e. The van der Waals surface area contributed by atoms with Crippen LogP contribution < -0.4 is 10.6 Å². The van der Waals surface area contributed by atoms with Gasteiger partial charge in [0.05, 0.1) is 0 Å². The Kier molecular flexibility index (Phi) is 7.66. The van der Waals surface area contributed by atoms with Gasteiger partial charge in [0.2, 0.25) is 5.91 Å². The number of pyridine rings is 1. The lowest BCUT2D eigenvalue weighted by Crippen LogP contribution is -2.49. The van der Waals surface area contributed by atoms with Crippen molar-refractivity contribution in [1.82, 2.24) is 20.5 Å². The summed E-state index contributed by atoms with van der Waals surface area (Å²) in [4.78, 5) is 43.4. The number of carbonyl (C=O) groups excluding carboxylic acids is 3. The molecular formula is C24H32N4O4. The van der Waals surface area contributed by atoms with Gasteiger partial charge >= 0.3 is 6.09 Å². The van der Waals surface area contributed by atoms with E-state index in [0.29, 0.717) is 18.8 Å². The second-order valence-electron chi connectivity index (χ2n) is 9.01. The highest BCUT2D eigenvalue weighted by molar-refractivity contribution is 6.05. The van der Waals surface area contributed by atoms with Gasteiger partial charge in [0.15, 0.2) is 0 Å². The molecule has 1 aromatic heterocycles. The molecule has 32 heavy (non-hydrogen) atoms. The summed E-state index contributed by atoms with van der Waals surface area (Å²) in [6.07, 6.45) is 4.02. The predicted octanol–water partition coefficient (Wildman–Crippen LogP) is 3.26. The van der Waals surface area contributed by atoms with Gasteiger partial charge in [0, 0.05) is 43.7 Å². The third-order valence-electron chi connectivity index (χ3n) is 5.32. The van der Waals surface area contributed by atoms with Gasteiger partial charge in [-0.05, 0) is 51.5 Å². The molecule has 1 atom stereocenters. The summed E-state index contributed by atoms with van der Waals surface area (Å²) in [6, 6.07) is 9.53. The van der Waals surface area contributed by atoms with E-state index in [1.807, 2.05) is 35.2 Å². The van der Waals surface area contributed by atoms with E-state index >= 15 is 0 Å².